The molecule has 3 aliphatic heterocycles. The van der Waals surface area contributed by atoms with Gasteiger partial charge in [-0.25, -0.2) is 0 Å². The smallest absolute Gasteiger partial charge is 0.310 e. The summed E-state index contributed by atoms with van der Waals surface area (Å²) in [6.45, 7) is 0. The molecule has 0 aliphatic carbocycles. The predicted molar refractivity (Wildman–Crippen MR) is 78.9 cm³/mol. The number of carbonyl (C=O) groups excluding carboxylic acids is 2. The summed E-state index contributed by atoms with van der Waals surface area (Å²) in [5.74, 6) is -0.816. The number of fused-ring (bicyclic) bond motifs is 1. The highest BCUT2D eigenvalue weighted by atomic mass is 16.6. The van der Waals surface area contributed by atoms with E-state index in [0.717, 1.165) is 5.70 Å². The molecule has 3 atom stereocenters. The summed E-state index contributed by atoms with van der Waals surface area (Å²) in [5.41, 5.74) is 0.877. The van der Waals surface area contributed by atoms with Crippen LogP contribution in [0.3, 0.4) is 0 Å². The van der Waals surface area contributed by atoms with Gasteiger partial charge in [-0.1, -0.05) is 30.4 Å². The minimum absolute atomic E-state index is 0.0233. The van der Waals surface area contributed by atoms with Crippen LogP contribution in [0.25, 0.3) is 0 Å². The van der Waals surface area contributed by atoms with Gasteiger partial charge >= 0.3 is 5.97 Å². The number of rotatable bonds is 2. The van der Waals surface area contributed by atoms with Crippen molar-refractivity contribution < 1.29 is 19.4 Å². The van der Waals surface area contributed by atoms with Gasteiger partial charge in [-0.15, -0.1) is 0 Å². The summed E-state index contributed by atoms with van der Waals surface area (Å²) >= 11 is 0. The van der Waals surface area contributed by atoms with E-state index >= 15 is 0 Å². The van der Waals surface area contributed by atoms with Crippen molar-refractivity contribution >= 4 is 11.9 Å². The number of hydrogen-bond acceptors (Lipinski definition) is 5. The third-order valence-electron chi connectivity index (χ3n) is 3.58. The Balaban J connectivity index is 1.75. The predicted octanol–water partition coefficient (Wildman–Crippen LogP) is 0.500. The van der Waals surface area contributed by atoms with Gasteiger partial charge in [0.2, 0.25) is 12.2 Å². The first-order chi connectivity index (χ1) is 10.6. The van der Waals surface area contributed by atoms with Gasteiger partial charge in [0.05, 0.1) is 6.42 Å². The second-order valence-corrected chi connectivity index (χ2v) is 5.11. The average Bonchev–Trinajstić information content (AvgIpc) is 2.77. The number of esters is 1. The standard InChI is InChI=1S/C16H16N2O4/c19-14-10-12(16(21)22-14)17-15(20)13-8-5-7-11-6-3-1-2-4-9-18(11)13/h1-9,12-13,16,21H,10H2,(H,17,20)/b2-1-,6-3-,9-4-. The maximum Gasteiger partial charge on any atom is 0.310 e. The summed E-state index contributed by atoms with van der Waals surface area (Å²) in [6.07, 6.45) is 15.4. The fourth-order valence-corrected chi connectivity index (χ4v) is 2.49. The van der Waals surface area contributed by atoms with Crippen molar-refractivity contribution in [2.24, 2.45) is 0 Å². The summed E-state index contributed by atoms with van der Waals surface area (Å²) in [5, 5.41) is 12.3. The minimum Gasteiger partial charge on any atom is -0.434 e. The second-order valence-electron chi connectivity index (χ2n) is 5.11. The molecule has 3 unspecified atom stereocenters. The molecule has 22 heavy (non-hydrogen) atoms. The number of allylic oxidation sites excluding steroid dienone is 7. The molecule has 1 saturated heterocycles. The van der Waals surface area contributed by atoms with Crippen molar-refractivity contribution in [3.8, 4) is 0 Å². The van der Waals surface area contributed by atoms with Crippen LogP contribution in [0.15, 0.2) is 60.5 Å². The summed E-state index contributed by atoms with van der Waals surface area (Å²) < 4.78 is 4.63. The van der Waals surface area contributed by atoms with Crippen molar-refractivity contribution in [1.82, 2.24) is 10.2 Å². The lowest BCUT2D eigenvalue weighted by Gasteiger charge is -2.31. The van der Waals surface area contributed by atoms with Gasteiger partial charge in [0.25, 0.3) is 0 Å². The molecule has 3 aliphatic rings. The monoisotopic (exact) mass is 300 g/mol. The Morgan fingerprint density at radius 2 is 2.09 bits per heavy atom. The van der Waals surface area contributed by atoms with Gasteiger partial charge in [0.15, 0.2) is 0 Å². The van der Waals surface area contributed by atoms with Crippen LogP contribution < -0.4 is 5.32 Å². The molecule has 0 aromatic rings. The molecule has 0 aromatic carbocycles. The molecule has 1 fully saturated rings. The topological polar surface area (TPSA) is 78.9 Å². The highest BCUT2D eigenvalue weighted by molar-refractivity contribution is 5.86. The third kappa shape index (κ3) is 2.87. The van der Waals surface area contributed by atoms with Gasteiger partial charge in [-0.05, 0) is 18.2 Å². The zero-order chi connectivity index (χ0) is 15.5. The minimum atomic E-state index is -1.29. The number of amides is 1. The van der Waals surface area contributed by atoms with Crippen molar-refractivity contribution in [3.05, 3.63) is 60.5 Å². The molecular formula is C16H16N2O4. The lowest BCUT2D eigenvalue weighted by molar-refractivity contribution is -0.155. The van der Waals surface area contributed by atoms with Crippen LogP contribution in [0.2, 0.25) is 0 Å². The highest BCUT2D eigenvalue weighted by Crippen LogP contribution is 2.21. The lowest BCUT2D eigenvalue weighted by Crippen LogP contribution is -2.49. The van der Waals surface area contributed by atoms with Gasteiger partial charge in [0, 0.05) is 11.9 Å². The zero-order valence-corrected chi connectivity index (χ0v) is 11.8. The third-order valence-corrected chi connectivity index (χ3v) is 3.58. The van der Waals surface area contributed by atoms with Crippen LogP contribution in [0, 0.1) is 0 Å². The van der Waals surface area contributed by atoms with Crippen LogP contribution in [0.1, 0.15) is 6.42 Å². The molecule has 3 heterocycles. The lowest BCUT2D eigenvalue weighted by atomic mass is 10.1. The Morgan fingerprint density at radius 3 is 2.86 bits per heavy atom. The normalized spacial score (nSPS) is 33.9. The fraction of sp³-hybridized carbons (Fsp3) is 0.250. The van der Waals surface area contributed by atoms with Crippen LogP contribution in [-0.4, -0.2) is 40.3 Å². The molecule has 6 heteroatoms. The maximum absolute atomic E-state index is 12.5. The number of ether oxygens (including phenoxy) is 1. The van der Waals surface area contributed by atoms with Crippen molar-refractivity contribution in [2.75, 3.05) is 0 Å². The van der Waals surface area contributed by atoms with E-state index in [0.29, 0.717) is 0 Å². The Labute approximate surface area is 127 Å². The quantitative estimate of drug-likeness (QED) is 0.726. The summed E-state index contributed by atoms with van der Waals surface area (Å²) in [7, 11) is 0. The Bertz CT molecular complexity index is 630. The van der Waals surface area contributed by atoms with Gasteiger partial charge in [-0.3, -0.25) is 9.59 Å². The first-order valence-electron chi connectivity index (χ1n) is 7.01. The highest BCUT2D eigenvalue weighted by Gasteiger charge is 2.36. The Kier molecular flexibility index (Phi) is 3.93. The van der Waals surface area contributed by atoms with E-state index in [-0.39, 0.29) is 12.3 Å². The van der Waals surface area contributed by atoms with E-state index in [1.54, 1.807) is 6.08 Å². The fourth-order valence-electron chi connectivity index (χ4n) is 2.49. The van der Waals surface area contributed by atoms with E-state index in [9.17, 15) is 14.7 Å². The number of aliphatic hydroxyl groups excluding tert-OH is 1. The van der Waals surface area contributed by atoms with Crippen LogP contribution in [-0.2, 0) is 14.3 Å². The molecule has 3 rings (SSSR count). The molecule has 0 saturated carbocycles. The Morgan fingerprint density at radius 1 is 1.27 bits per heavy atom. The molecule has 1 amide bonds. The average molecular weight is 300 g/mol. The van der Waals surface area contributed by atoms with Crippen LogP contribution in [0.4, 0.5) is 0 Å². The first kappa shape index (κ1) is 14.3. The molecule has 0 aromatic heterocycles. The number of nitrogens with zero attached hydrogens (tertiary/aromatic N) is 1. The second kappa shape index (κ2) is 6.03. The van der Waals surface area contributed by atoms with Gasteiger partial charge < -0.3 is 20.1 Å². The van der Waals surface area contributed by atoms with Crippen molar-refractivity contribution in [1.29, 1.82) is 0 Å². The molecule has 0 spiro atoms. The number of nitrogens with one attached hydrogen (secondary N) is 1. The number of carbonyl (C=O) groups is 2. The maximum atomic E-state index is 12.5. The van der Waals surface area contributed by atoms with E-state index < -0.39 is 24.3 Å². The molecule has 114 valence electrons. The van der Waals surface area contributed by atoms with E-state index in [1.807, 2.05) is 53.6 Å². The number of hydrogen-bond donors (Lipinski definition) is 2. The van der Waals surface area contributed by atoms with Crippen LogP contribution >= 0.6 is 0 Å². The number of cyclic esters (lactones) is 1. The van der Waals surface area contributed by atoms with E-state index in [2.05, 4.69) is 10.1 Å². The van der Waals surface area contributed by atoms with Gasteiger partial charge in [0.1, 0.15) is 12.1 Å². The first-order valence-corrected chi connectivity index (χ1v) is 7.01. The molecule has 2 N–H and O–H groups in total. The molecule has 0 radical (unpaired) electrons. The zero-order valence-electron chi connectivity index (χ0n) is 11.8. The van der Waals surface area contributed by atoms with Crippen LogP contribution in [0.5, 0.6) is 0 Å². The van der Waals surface area contributed by atoms with Gasteiger partial charge in [-0.2, -0.15) is 0 Å². The van der Waals surface area contributed by atoms with Crippen molar-refractivity contribution in [2.45, 2.75) is 24.8 Å². The summed E-state index contributed by atoms with van der Waals surface area (Å²) in [6, 6.07) is -1.26. The largest absolute Gasteiger partial charge is 0.434 e. The van der Waals surface area contributed by atoms with E-state index in [1.165, 1.54) is 0 Å². The van der Waals surface area contributed by atoms with Crippen molar-refractivity contribution in [3.63, 3.8) is 0 Å². The summed E-state index contributed by atoms with van der Waals surface area (Å²) in [4.78, 5) is 25.4. The SMILES string of the molecule is O=C1CC(NC(=O)C2C=CC=C3\C=C/C=C\C=C/N32)C(O)O1. The Hall–Kier alpha value is -2.60. The number of aliphatic hydroxyl groups is 1. The molecule has 6 nitrogen and oxygen atoms in total. The van der Waals surface area contributed by atoms with E-state index in [4.69, 9.17) is 0 Å². The molecule has 0 bridgehead atoms. The molecular weight excluding hydrogens is 284 g/mol.